The number of likely N-dealkylation sites (N-methyl/N-ethyl adjacent to an activating group) is 1. The van der Waals surface area contributed by atoms with Crippen LogP contribution in [0, 0.1) is 5.92 Å². The molecule has 3 heteroatoms. The number of hydrogen-bond donors (Lipinski definition) is 1. The van der Waals surface area contributed by atoms with Crippen LogP contribution in [0.3, 0.4) is 0 Å². The lowest BCUT2D eigenvalue weighted by Crippen LogP contribution is -2.41. The first-order valence-electron chi connectivity index (χ1n) is 6.39. The van der Waals surface area contributed by atoms with Gasteiger partial charge in [0.05, 0.1) is 6.10 Å². The molecular formula is C13H30N2O. The fourth-order valence-corrected chi connectivity index (χ4v) is 1.93. The third-order valence-corrected chi connectivity index (χ3v) is 2.74. The molecule has 16 heavy (non-hydrogen) atoms. The molecule has 0 amide bonds. The van der Waals surface area contributed by atoms with Gasteiger partial charge in [-0.2, -0.15) is 0 Å². The second-order valence-corrected chi connectivity index (χ2v) is 5.63. The van der Waals surface area contributed by atoms with Crippen molar-refractivity contribution in [3.63, 3.8) is 0 Å². The molecule has 2 unspecified atom stereocenters. The zero-order valence-electron chi connectivity index (χ0n) is 11.9. The monoisotopic (exact) mass is 230 g/mol. The van der Waals surface area contributed by atoms with Crippen molar-refractivity contribution in [3.05, 3.63) is 0 Å². The van der Waals surface area contributed by atoms with Gasteiger partial charge in [-0.05, 0) is 40.3 Å². The van der Waals surface area contributed by atoms with Gasteiger partial charge in [0.25, 0.3) is 0 Å². The predicted octanol–water partition coefficient (Wildman–Crippen LogP) is 1.67. The summed E-state index contributed by atoms with van der Waals surface area (Å²) >= 11 is 0. The first-order valence-corrected chi connectivity index (χ1v) is 6.39. The Kier molecular flexibility index (Phi) is 7.98. The van der Waals surface area contributed by atoms with Gasteiger partial charge in [0.15, 0.2) is 0 Å². The van der Waals surface area contributed by atoms with Crippen molar-refractivity contribution in [2.24, 2.45) is 5.92 Å². The van der Waals surface area contributed by atoms with Crippen molar-refractivity contribution in [2.75, 3.05) is 33.7 Å². The Balaban J connectivity index is 4.17. The average Bonchev–Trinajstić information content (AvgIpc) is 2.09. The van der Waals surface area contributed by atoms with E-state index in [1.807, 2.05) is 6.92 Å². The van der Waals surface area contributed by atoms with Gasteiger partial charge in [-0.3, -0.25) is 4.90 Å². The maximum atomic E-state index is 9.45. The second kappa shape index (κ2) is 8.04. The highest BCUT2D eigenvalue weighted by molar-refractivity contribution is 4.71. The van der Waals surface area contributed by atoms with Gasteiger partial charge in [-0.1, -0.05) is 13.8 Å². The van der Waals surface area contributed by atoms with Crippen LogP contribution in [0.5, 0.6) is 0 Å². The van der Waals surface area contributed by atoms with Gasteiger partial charge in [-0.15, -0.1) is 0 Å². The first kappa shape index (κ1) is 15.9. The van der Waals surface area contributed by atoms with Gasteiger partial charge < -0.3 is 10.0 Å². The molecule has 0 saturated carbocycles. The van der Waals surface area contributed by atoms with E-state index in [4.69, 9.17) is 0 Å². The molecule has 0 aliphatic carbocycles. The smallest absolute Gasteiger partial charge is 0.0526 e. The van der Waals surface area contributed by atoms with Crippen molar-refractivity contribution in [1.82, 2.24) is 9.80 Å². The third kappa shape index (κ3) is 8.08. The maximum Gasteiger partial charge on any atom is 0.0526 e. The second-order valence-electron chi connectivity index (χ2n) is 5.63. The molecule has 0 rings (SSSR count). The SMILES string of the molecule is CC(C)CN(CCN(C)C)C(C)CC(C)O. The van der Waals surface area contributed by atoms with E-state index in [2.05, 4.69) is 44.7 Å². The predicted molar refractivity (Wildman–Crippen MR) is 70.7 cm³/mol. The zero-order chi connectivity index (χ0) is 12.7. The standard InChI is InChI=1S/C13H30N2O/c1-11(2)10-15(8-7-14(5)6)12(3)9-13(4)16/h11-13,16H,7-10H2,1-6H3. The highest BCUT2D eigenvalue weighted by atomic mass is 16.3. The van der Waals surface area contributed by atoms with Gasteiger partial charge >= 0.3 is 0 Å². The van der Waals surface area contributed by atoms with Gasteiger partial charge in [0.1, 0.15) is 0 Å². The average molecular weight is 230 g/mol. The van der Waals surface area contributed by atoms with E-state index in [0.29, 0.717) is 12.0 Å². The number of aliphatic hydroxyl groups is 1. The molecule has 0 aromatic heterocycles. The third-order valence-electron chi connectivity index (χ3n) is 2.74. The lowest BCUT2D eigenvalue weighted by molar-refractivity contribution is 0.106. The number of rotatable bonds is 8. The molecule has 1 N–H and O–H groups in total. The molecule has 0 aromatic rings. The molecule has 0 fully saturated rings. The maximum absolute atomic E-state index is 9.45. The van der Waals surface area contributed by atoms with Crippen LogP contribution in [-0.4, -0.2) is 60.8 Å². The fourth-order valence-electron chi connectivity index (χ4n) is 1.93. The molecule has 0 aliphatic heterocycles. The molecule has 0 radical (unpaired) electrons. The summed E-state index contributed by atoms with van der Waals surface area (Å²) < 4.78 is 0. The summed E-state index contributed by atoms with van der Waals surface area (Å²) in [4.78, 5) is 4.69. The first-order chi connectivity index (χ1) is 7.32. The van der Waals surface area contributed by atoms with E-state index in [0.717, 1.165) is 26.1 Å². The van der Waals surface area contributed by atoms with Crippen LogP contribution >= 0.6 is 0 Å². The molecule has 2 atom stereocenters. The zero-order valence-corrected chi connectivity index (χ0v) is 11.9. The van der Waals surface area contributed by atoms with Crippen molar-refractivity contribution >= 4 is 0 Å². The minimum Gasteiger partial charge on any atom is -0.393 e. The van der Waals surface area contributed by atoms with Crippen molar-refractivity contribution in [2.45, 2.75) is 46.3 Å². The Morgan fingerprint density at radius 3 is 1.94 bits per heavy atom. The van der Waals surface area contributed by atoms with Crippen LogP contribution in [0.1, 0.15) is 34.1 Å². The minimum absolute atomic E-state index is 0.205. The Labute approximate surface area is 101 Å². The van der Waals surface area contributed by atoms with Crippen LogP contribution in [0.25, 0.3) is 0 Å². The molecule has 98 valence electrons. The quantitative estimate of drug-likeness (QED) is 0.687. The summed E-state index contributed by atoms with van der Waals surface area (Å²) in [7, 11) is 4.21. The van der Waals surface area contributed by atoms with Gasteiger partial charge in [0, 0.05) is 25.7 Å². The van der Waals surface area contributed by atoms with Crippen molar-refractivity contribution in [1.29, 1.82) is 0 Å². The van der Waals surface area contributed by atoms with E-state index in [1.54, 1.807) is 0 Å². The van der Waals surface area contributed by atoms with Crippen molar-refractivity contribution in [3.8, 4) is 0 Å². The molecular weight excluding hydrogens is 200 g/mol. The number of aliphatic hydroxyl groups excluding tert-OH is 1. The highest BCUT2D eigenvalue weighted by Gasteiger charge is 2.16. The van der Waals surface area contributed by atoms with E-state index < -0.39 is 0 Å². The topological polar surface area (TPSA) is 26.7 Å². The minimum atomic E-state index is -0.205. The summed E-state index contributed by atoms with van der Waals surface area (Å²) in [6.45, 7) is 11.9. The molecule has 0 saturated heterocycles. The summed E-state index contributed by atoms with van der Waals surface area (Å²) in [5.41, 5.74) is 0. The highest BCUT2D eigenvalue weighted by Crippen LogP contribution is 2.09. The summed E-state index contributed by atoms with van der Waals surface area (Å²) in [6, 6.07) is 0.461. The Bertz CT molecular complexity index is 169. The Morgan fingerprint density at radius 1 is 1.00 bits per heavy atom. The summed E-state index contributed by atoms with van der Waals surface area (Å²) in [6.07, 6.45) is 0.657. The number of nitrogens with zero attached hydrogens (tertiary/aromatic N) is 2. The molecule has 0 bridgehead atoms. The van der Waals surface area contributed by atoms with Gasteiger partial charge in [0.2, 0.25) is 0 Å². The van der Waals surface area contributed by atoms with Crippen LogP contribution in [-0.2, 0) is 0 Å². The fraction of sp³-hybridized carbons (Fsp3) is 1.00. The van der Waals surface area contributed by atoms with E-state index in [9.17, 15) is 5.11 Å². The largest absolute Gasteiger partial charge is 0.393 e. The van der Waals surface area contributed by atoms with Crippen LogP contribution < -0.4 is 0 Å². The molecule has 0 heterocycles. The molecule has 3 nitrogen and oxygen atoms in total. The van der Waals surface area contributed by atoms with Crippen LogP contribution in [0.15, 0.2) is 0 Å². The van der Waals surface area contributed by atoms with E-state index >= 15 is 0 Å². The van der Waals surface area contributed by atoms with Crippen LogP contribution in [0.2, 0.25) is 0 Å². The Morgan fingerprint density at radius 2 is 1.56 bits per heavy atom. The molecule has 0 spiro atoms. The lowest BCUT2D eigenvalue weighted by atomic mass is 10.1. The molecule has 0 aromatic carbocycles. The number of hydrogen-bond acceptors (Lipinski definition) is 3. The van der Waals surface area contributed by atoms with Crippen molar-refractivity contribution < 1.29 is 5.11 Å². The van der Waals surface area contributed by atoms with E-state index in [-0.39, 0.29) is 6.10 Å². The normalized spacial score (nSPS) is 16.1. The lowest BCUT2D eigenvalue weighted by Gasteiger charge is -2.32. The Hall–Kier alpha value is -0.120. The summed E-state index contributed by atoms with van der Waals surface area (Å²) in [5.74, 6) is 0.679. The molecule has 0 aliphatic rings. The van der Waals surface area contributed by atoms with Gasteiger partial charge in [-0.25, -0.2) is 0 Å². The van der Waals surface area contributed by atoms with E-state index in [1.165, 1.54) is 0 Å². The summed E-state index contributed by atoms with van der Waals surface area (Å²) in [5, 5.41) is 9.45. The van der Waals surface area contributed by atoms with Crippen LogP contribution in [0.4, 0.5) is 0 Å².